The number of carbonyl (C=O) groups is 1. The highest BCUT2D eigenvalue weighted by atomic mass is 32.2. The zero-order valence-corrected chi connectivity index (χ0v) is 16.7. The highest BCUT2D eigenvalue weighted by Crippen LogP contribution is 2.26. The number of aryl methyl sites for hydroxylation is 1. The molecular weight excluding hydrogens is 356 g/mol. The predicted molar refractivity (Wildman–Crippen MR) is 113 cm³/mol. The molecule has 1 saturated heterocycles. The molecule has 0 spiro atoms. The van der Waals surface area contributed by atoms with E-state index in [0.29, 0.717) is 18.2 Å². The quantitative estimate of drug-likeness (QED) is 0.721. The van der Waals surface area contributed by atoms with Crippen molar-refractivity contribution < 1.29 is 9.53 Å². The summed E-state index contributed by atoms with van der Waals surface area (Å²) in [7, 11) is 1.66. The molecule has 0 N–H and O–H groups in total. The van der Waals surface area contributed by atoms with Crippen molar-refractivity contribution in [2.75, 3.05) is 20.2 Å². The van der Waals surface area contributed by atoms with E-state index in [9.17, 15) is 4.79 Å². The summed E-state index contributed by atoms with van der Waals surface area (Å²) >= 11 is 1.70. The maximum Gasteiger partial charge on any atom is 0.228 e. The van der Waals surface area contributed by atoms with Gasteiger partial charge in [-0.1, -0.05) is 61.2 Å². The summed E-state index contributed by atoms with van der Waals surface area (Å²) in [5.74, 6) is 0.990. The van der Waals surface area contributed by atoms with Crippen molar-refractivity contribution in [1.29, 1.82) is 0 Å². The molecule has 0 aromatic heterocycles. The van der Waals surface area contributed by atoms with E-state index in [1.54, 1.807) is 18.9 Å². The van der Waals surface area contributed by atoms with Crippen LogP contribution in [0.2, 0.25) is 0 Å². The smallest absolute Gasteiger partial charge is 0.228 e. The number of ether oxygens (including phenoxy) is 1. The number of thioether (sulfide) groups is 1. The predicted octanol–water partition coefficient (Wildman–Crippen LogP) is 4.19. The van der Waals surface area contributed by atoms with E-state index in [4.69, 9.17) is 9.73 Å². The van der Waals surface area contributed by atoms with Gasteiger partial charge in [0.15, 0.2) is 5.17 Å². The number of aliphatic imine (C=N–C) groups is 1. The van der Waals surface area contributed by atoms with Gasteiger partial charge in [-0.3, -0.25) is 14.7 Å². The Morgan fingerprint density at radius 3 is 2.52 bits per heavy atom. The average molecular weight is 383 g/mol. The van der Waals surface area contributed by atoms with Crippen molar-refractivity contribution in [1.82, 2.24) is 4.90 Å². The Morgan fingerprint density at radius 2 is 1.81 bits per heavy atom. The van der Waals surface area contributed by atoms with Crippen molar-refractivity contribution in [2.24, 2.45) is 4.99 Å². The molecule has 142 valence electrons. The summed E-state index contributed by atoms with van der Waals surface area (Å²) in [4.78, 5) is 19.3. The minimum absolute atomic E-state index is 0.154. The standard InChI is InChI=1S/C22H26N2O2S/c1-17-16-24(21(25)13-10-19-8-11-20(26-2)12-9-19)22(27-17)23-15-14-18-6-4-3-5-7-18/h3-9,11-12,17H,10,13-16H2,1-2H3/t17-/m1/s1. The Kier molecular flexibility index (Phi) is 6.93. The van der Waals surface area contributed by atoms with Crippen LogP contribution >= 0.6 is 11.8 Å². The topological polar surface area (TPSA) is 41.9 Å². The molecule has 0 aliphatic carbocycles. The van der Waals surface area contributed by atoms with Crippen LogP contribution in [-0.2, 0) is 17.6 Å². The molecule has 2 aromatic carbocycles. The fourth-order valence-electron chi connectivity index (χ4n) is 3.05. The van der Waals surface area contributed by atoms with Crippen LogP contribution in [0.4, 0.5) is 0 Å². The lowest BCUT2D eigenvalue weighted by atomic mass is 10.1. The summed E-state index contributed by atoms with van der Waals surface area (Å²) in [6, 6.07) is 18.2. The Bertz CT molecular complexity index is 775. The van der Waals surface area contributed by atoms with Crippen LogP contribution in [0.3, 0.4) is 0 Å². The van der Waals surface area contributed by atoms with Crippen molar-refractivity contribution in [3.8, 4) is 5.75 Å². The normalized spacial score (nSPS) is 18.1. The molecule has 1 aliphatic heterocycles. The fraction of sp³-hybridized carbons (Fsp3) is 0.364. The van der Waals surface area contributed by atoms with Gasteiger partial charge in [0, 0.05) is 24.8 Å². The third-order valence-corrected chi connectivity index (χ3v) is 5.67. The van der Waals surface area contributed by atoms with Gasteiger partial charge in [0.1, 0.15) is 5.75 Å². The van der Waals surface area contributed by atoms with Gasteiger partial charge in [0.2, 0.25) is 5.91 Å². The van der Waals surface area contributed by atoms with E-state index >= 15 is 0 Å². The number of benzene rings is 2. The van der Waals surface area contributed by atoms with Gasteiger partial charge in [0.05, 0.1) is 7.11 Å². The lowest BCUT2D eigenvalue weighted by molar-refractivity contribution is -0.127. The lowest BCUT2D eigenvalue weighted by Crippen LogP contribution is -2.33. The van der Waals surface area contributed by atoms with Crippen molar-refractivity contribution in [3.05, 3.63) is 65.7 Å². The number of carbonyl (C=O) groups excluding carboxylic acids is 1. The molecule has 0 unspecified atom stereocenters. The maximum absolute atomic E-state index is 12.7. The van der Waals surface area contributed by atoms with E-state index in [2.05, 4.69) is 19.1 Å². The molecule has 4 nitrogen and oxygen atoms in total. The van der Waals surface area contributed by atoms with E-state index in [0.717, 1.165) is 35.9 Å². The Balaban J connectivity index is 1.55. The Hall–Kier alpha value is -2.27. The number of hydrogen-bond donors (Lipinski definition) is 0. The molecule has 5 heteroatoms. The highest BCUT2D eigenvalue weighted by molar-refractivity contribution is 8.14. The molecule has 3 rings (SSSR count). The first-order chi connectivity index (χ1) is 13.2. The van der Waals surface area contributed by atoms with Crippen LogP contribution in [0.1, 0.15) is 24.5 Å². The van der Waals surface area contributed by atoms with E-state index < -0.39 is 0 Å². The molecule has 0 bridgehead atoms. The number of amides is 1. The largest absolute Gasteiger partial charge is 0.497 e. The first-order valence-corrected chi connectivity index (χ1v) is 10.2. The first-order valence-electron chi connectivity index (χ1n) is 9.34. The van der Waals surface area contributed by atoms with Crippen molar-refractivity contribution >= 4 is 22.8 Å². The second kappa shape index (κ2) is 9.60. The first kappa shape index (κ1) is 19.5. The fourth-order valence-corrected chi connectivity index (χ4v) is 4.10. The molecule has 1 atom stereocenters. The molecule has 1 fully saturated rings. The molecule has 1 aliphatic rings. The van der Waals surface area contributed by atoms with Crippen LogP contribution in [0, 0.1) is 0 Å². The molecule has 0 radical (unpaired) electrons. The summed E-state index contributed by atoms with van der Waals surface area (Å²) in [5.41, 5.74) is 2.42. The minimum atomic E-state index is 0.154. The number of rotatable bonds is 7. The van der Waals surface area contributed by atoms with Gasteiger partial charge >= 0.3 is 0 Å². The van der Waals surface area contributed by atoms with Crippen LogP contribution in [-0.4, -0.2) is 41.4 Å². The van der Waals surface area contributed by atoms with E-state index in [1.807, 2.05) is 47.4 Å². The third kappa shape index (κ3) is 5.60. The summed E-state index contributed by atoms with van der Waals surface area (Å²) in [5, 5.41) is 1.27. The zero-order valence-electron chi connectivity index (χ0n) is 15.9. The number of methoxy groups -OCH3 is 1. The zero-order chi connectivity index (χ0) is 19.1. The Labute approximate surface area is 165 Å². The average Bonchev–Trinajstić information content (AvgIpc) is 3.08. The lowest BCUT2D eigenvalue weighted by Gasteiger charge is -2.16. The van der Waals surface area contributed by atoms with Crippen LogP contribution in [0.15, 0.2) is 59.6 Å². The van der Waals surface area contributed by atoms with Crippen LogP contribution in [0.5, 0.6) is 5.75 Å². The van der Waals surface area contributed by atoms with Gasteiger partial charge in [0.25, 0.3) is 0 Å². The molecule has 1 heterocycles. The third-order valence-electron chi connectivity index (χ3n) is 4.56. The van der Waals surface area contributed by atoms with E-state index in [-0.39, 0.29) is 5.91 Å². The van der Waals surface area contributed by atoms with Crippen molar-refractivity contribution in [2.45, 2.75) is 31.4 Å². The molecule has 0 saturated carbocycles. The number of hydrogen-bond acceptors (Lipinski definition) is 4. The number of amidine groups is 1. The summed E-state index contributed by atoms with van der Waals surface area (Å²) < 4.78 is 5.18. The van der Waals surface area contributed by atoms with Gasteiger partial charge in [-0.25, -0.2) is 0 Å². The Morgan fingerprint density at radius 1 is 1.11 bits per heavy atom. The van der Waals surface area contributed by atoms with Crippen LogP contribution in [0.25, 0.3) is 0 Å². The second-order valence-electron chi connectivity index (χ2n) is 6.68. The second-order valence-corrected chi connectivity index (χ2v) is 8.09. The van der Waals surface area contributed by atoms with Gasteiger partial charge < -0.3 is 4.74 Å². The SMILES string of the molecule is COc1ccc(CCC(=O)N2C[C@@H](C)SC2=NCCc2ccccc2)cc1. The summed E-state index contributed by atoms with van der Waals surface area (Å²) in [6.07, 6.45) is 2.13. The molecule has 27 heavy (non-hydrogen) atoms. The van der Waals surface area contributed by atoms with Gasteiger partial charge in [-0.2, -0.15) is 0 Å². The van der Waals surface area contributed by atoms with Crippen LogP contribution < -0.4 is 4.74 Å². The summed E-state index contributed by atoms with van der Waals surface area (Å²) in [6.45, 7) is 3.60. The monoisotopic (exact) mass is 382 g/mol. The highest BCUT2D eigenvalue weighted by Gasteiger charge is 2.30. The van der Waals surface area contributed by atoms with E-state index in [1.165, 1.54) is 5.56 Å². The molecule has 1 amide bonds. The molecule has 2 aromatic rings. The van der Waals surface area contributed by atoms with Gasteiger partial charge in [-0.15, -0.1) is 0 Å². The number of nitrogens with zero attached hydrogens (tertiary/aromatic N) is 2. The van der Waals surface area contributed by atoms with Gasteiger partial charge in [-0.05, 0) is 36.1 Å². The molecular formula is C22H26N2O2S. The maximum atomic E-state index is 12.7. The van der Waals surface area contributed by atoms with Crippen molar-refractivity contribution in [3.63, 3.8) is 0 Å². The minimum Gasteiger partial charge on any atom is -0.497 e.